The van der Waals surface area contributed by atoms with E-state index in [0.29, 0.717) is 17.5 Å². The molecule has 1 aliphatic rings. The Kier molecular flexibility index (Phi) is 7.58. The Morgan fingerprint density at radius 1 is 0.321 bits per heavy atom. The van der Waals surface area contributed by atoms with E-state index in [0.717, 1.165) is 16.7 Å². The van der Waals surface area contributed by atoms with E-state index in [1.807, 2.05) is 72.0 Å². The van der Waals surface area contributed by atoms with Gasteiger partial charge in [0.15, 0.2) is 17.5 Å². The van der Waals surface area contributed by atoms with Gasteiger partial charge in [0.25, 0.3) is 0 Å². The third-order valence-electron chi connectivity index (χ3n) is 11.2. The van der Waals surface area contributed by atoms with Gasteiger partial charge in [-0.15, -0.1) is 11.3 Å². The van der Waals surface area contributed by atoms with E-state index in [2.05, 4.69) is 140 Å². The van der Waals surface area contributed by atoms with Gasteiger partial charge in [-0.05, 0) is 68.8 Å². The fraction of sp³-hybridized carbons (Fsp3) is 0.0192. The van der Waals surface area contributed by atoms with Crippen LogP contribution in [0.3, 0.4) is 0 Å². The standard InChI is InChI=1S/C52H33N3S/c1-5-15-34(16-6-1)49-53-50(35-17-7-2-8-18-35)55-51(54-49)38-26-29-43-44-31-36(27-30-47(44)56-48(43)33-38)37-25-28-42-41-23-13-14-24-45(41)52(46(42)32-37,39-19-9-3-10-20-39)40-21-11-4-12-22-40/h1-33H. The summed E-state index contributed by atoms with van der Waals surface area (Å²) in [6.07, 6.45) is 0. The van der Waals surface area contributed by atoms with Crippen molar-refractivity contribution in [1.82, 2.24) is 15.0 Å². The van der Waals surface area contributed by atoms with E-state index in [9.17, 15) is 0 Å². The topological polar surface area (TPSA) is 38.7 Å². The van der Waals surface area contributed by atoms with Gasteiger partial charge in [-0.3, -0.25) is 0 Å². The summed E-state index contributed by atoms with van der Waals surface area (Å²) in [6.45, 7) is 0. The first-order valence-corrected chi connectivity index (χ1v) is 19.8. The maximum atomic E-state index is 5.00. The van der Waals surface area contributed by atoms with Crippen LogP contribution in [-0.4, -0.2) is 15.0 Å². The van der Waals surface area contributed by atoms with Crippen molar-refractivity contribution in [2.45, 2.75) is 5.41 Å². The summed E-state index contributed by atoms with van der Waals surface area (Å²) < 4.78 is 2.46. The second-order valence-electron chi connectivity index (χ2n) is 14.4. The smallest absolute Gasteiger partial charge is 0.164 e. The van der Waals surface area contributed by atoms with Crippen LogP contribution in [0.5, 0.6) is 0 Å². The Bertz CT molecular complexity index is 2970. The molecule has 56 heavy (non-hydrogen) atoms. The summed E-state index contributed by atoms with van der Waals surface area (Å²) in [5.74, 6) is 1.99. The summed E-state index contributed by atoms with van der Waals surface area (Å²) in [5, 5.41) is 2.48. The molecule has 3 nitrogen and oxygen atoms in total. The molecule has 4 heteroatoms. The lowest BCUT2D eigenvalue weighted by Crippen LogP contribution is -2.28. The Labute approximate surface area is 329 Å². The number of benzene rings is 8. The van der Waals surface area contributed by atoms with E-state index in [4.69, 9.17) is 15.0 Å². The van der Waals surface area contributed by atoms with E-state index in [1.165, 1.54) is 64.7 Å². The first-order valence-electron chi connectivity index (χ1n) is 18.9. The summed E-state index contributed by atoms with van der Waals surface area (Å²) >= 11 is 1.81. The van der Waals surface area contributed by atoms with Crippen LogP contribution in [0.2, 0.25) is 0 Å². The number of hydrogen-bond donors (Lipinski definition) is 0. The van der Waals surface area contributed by atoms with Gasteiger partial charge in [0.1, 0.15) is 0 Å². The summed E-state index contributed by atoms with van der Waals surface area (Å²) in [7, 11) is 0. The number of hydrogen-bond acceptors (Lipinski definition) is 4. The molecule has 0 radical (unpaired) electrons. The van der Waals surface area contributed by atoms with Crippen molar-refractivity contribution < 1.29 is 0 Å². The minimum atomic E-state index is -0.435. The highest BCUT2D eigenvalue weighted by Crippen LogP contribution is 2.56. The number of rotatable bonds is 6. The van der Waals surface area contributed by atoms with Gasteiger partial charge in [0.05, 0.1) is 5.41 Å². The molecule has 1 aliphatic carbocycles. The Morgan fingerprint density at radius 3 is 1.46 bits per heavy atom. The lowest BCUT2D eigenvalue weighted by Gasteiger charge is -2.34. The number of aromatic nitrogens is 3. The zero-order valence-corrected chi connectivity index (χ0v) is 31.1. The van der Waals surface area contributed by atoms with E-state index >= 15 is 0 Å². The minimum absolute atomic E-state index is 0.435. The van der Waals surface area contributed by atoms with Crippen molar-refractivity contribution >= 4 is 31.5 Å². The molecule has 0 atom stereocenters. The lowest BCUT2D eigenvalue weighted by molar-refractivity contribution is 0.769. The maximum absolute atomic E-state index is 5.00. The van der Waals surface area contributed by atoms with Crippen molar-refractivity contribution in [3.05, 3.63) is 222 Å². The van der Waals surface area contributed by atoms with Crippen LogP contribution >= 0.6 is 11.3 Å². The van der Waals surface area contributed by atoms with Crippen LogP contribution in [0.1, 0.15) is 22.3 Å². The Hall–Kier alpha value is -7.01. The summed E-state index contributed by atoms with van der Waals surface area (Å²) in [5.41, 5.74) is 12.6. The van der Waals surface area contributed by atoms with Crippen LogP contribution in [0.15, 0.2) is 200 Å². The zero-order valence-electron chi connectivity index (χ0n) is 30.3. The average molecular weight is 732 g/mol. The Morgan fingerprint density at radius 2 is 0.821 bits per heavy atom. The molecule has 0 aliphatic heterocycles. The minimum Gasteiger partial charge on any atom is -0.208 e. The SMILES string of the molecule is c1ccc(-c2nc(-c3ccccc3)nc(-c3ccc4c(c3)sc3ccc(-c5ccc6c(c5)C(c5ccccc5)(c5ccccc5)c5ccccc5-6)cc34)n2)cc1. The van der Waals surface area contributed by atoms with Crippen molar-refractivity contribution in [2.75, 3.05) is 0 Å². The molecule has 0 saturated heterocycles. The number of fused-ring (bicyclic) bond motifs is 6. The quantitative estimate of drug-likeness (QED) is 0.171. The van der Waals surface area contributed by atoms with Gasteiger partial charge >= 0.3 is 0 Å². The van der Waals surface area contributed by atoms with Gasteiger partial charge in [-0.25, -0.2) is 15.0 Å². The molecular weight excluding hydrogens is 699 g/mol. The molecule has 2 aromatic heterocycles. The highest BCUT2D eigenvalue weighted by atomic mass is 32.1. The summed E-state index contributed by atoms with van der Waals surface area (Å²) in [6, 6.07) is 71.8. The first kappa shape index (κ1) is 32.4. The fourth-order valence-corrected chi connectivity index (χ4v) is 9.78. The molecule has 0 spiro atoms. The van der Waals surface area contributed by atoms with Crippen molar-refractivity contribution in [2.24, 2.45) is 0 Å². The molecular formula is C52H33N3S. The van der Waals surface area contributed by atoms with Gasteiger partial charge in [0.2, 0.25) is 0 Å². The zero-order chi connectivity index (χ0) is 37.1. The number of thiophene rings is 1. The molecule has 0 fully saturated rings. The molecule has 0 bridgehead atoms. The van der Waals surface area contributed by atoms with Crippen molar-refractivity contribution in [3.8, 4) is 56.4 Å². The predicted molar refractivity (Wildman–Crippen MR) is 232 cm³/mol. The molecule has 262 valence electrons. The van der Waals surface area contributed by atoms with E-state index in [-0.39, 0.29) is 0 Å². The van der Waals surface area contributed by atoms with Gasteiger partial charge in [-0.1, -0.05) is 176 Å². The van der Waals surface area contributed by atoms with Crippen LogP contribution in [-0.2, 0) is 5.41 Å². The molecule has 0 unspecified atom stereocenters. The predicted octanol–water partition coefficient (Wildman–Crippen LogP) is 13.3. The highest BCUT2D eigenvalue weighted by Gasteiger charge is 2.46. The normalized spacial score (nSPS) is 12.8. The second-order valence-corrected chi connectivity index (χ2v) is 15.4. The first-order chi connectivity index (χ1) is 27.7. The lowest BCUT2D eigenvalue weighted by atomic mass is 9.67. The second kappa shape index (κ2) is 13.1. The monoisotopic (exact) mass is 731 g/mol. The largest absolute Gasteiger partial charge is 0.208 e. The molecule has 0 saturated carbocycles. The van der Waals surface area contributed by atoms with Gasteiger partial charge in [-0.2, -0.15) is 0 Å². The third kappa shape index (κ3) is 5.14. The molecule has 0 amide bonds. The van der Waals surface area contributed by atoms with Crippen LogP contribution in [0.25, 0.3) is 76.6 Å². The van der Waals surface area contributed by atoms with Gasteiger partial charge < -0.3 is 0 Å². The molecule has 8 aromatic carbocycles. The van der Waals surface area contributed by atoms with Crippen LogP contribution in [0.4, 0.5) is 0 Å². The molecule has 0 N–H and O–H groups in total. The van der Waals surface area contributed by atoms with E-state index < -0.39 is 5.41 Å². The third-order valence-corrected chi connectivity index (χ3v) is 12.4. The van der Waals surface area contributed by atoms with Crippen LogP contribution < -0.4 is 0 Å². The molecule has 11 rings (SSSR count). The summed E-state index contributed by atoms with van der Waals surface area (Å²) in [4.78, 5) is 14.9. The molecule has 10 aromatic rings. The number of nitrogens with zero attached hydrogens (tertiary/aromatic N) is 3. The Balaban J connectivity index is 1.04. The highest BCUT2D eigenvalue weighted by molar-refractivity contribution is 7.25. The fourth-order valence-electron chi connectivity index (χ4n) is 8.66. The maximum Gasteiger partial charge on any atom is 0.164 e. The average Bonchev–Trinajstić information content (AvgIpc) is 3.80. The molecule has 2 heterocycles. The van der Waals surface area contributed by atoms with Crippen molar-refractivity contribution in [1.29, 1.82) is 0 Å². The van der Waals surface area contributed by atoms with E-state index in [1.54, 1.807) is 0 Å². The van der Waals surface area contributed by atoms with Crippen molar-refractivity contribution in [3.63, 3.8) is 0 Å². The van der Waals surface area contributed by atoms with Crippen LogP contribution in [0, 0.1) is 0 Å². The van der Waals surface area contributed by atoms with Gasteiger partial charge in [0, 0.05) is 36.9 Å².